The average molecular weight is 205 g/mol. The standard InChI is InChI=1S/C11H11NO3/c13-8-3-1-2-7-9(8)11(15-10(7)14)4-5-12-6-11/h1-3,12-13H,4-6H2. The molecule has 0 aliphatic carbocycles. The van der Waals surface area contributed by atoms with E-state index in [9.17, 15) is 9.90 Å². The molecule has 1 spiro atoms. The normalized spacial score (nSPS) is 28.1. The van der Waals surface area contributed by atoms with Crippen molar-refractivity contribution >= 4 is 5.97 Å². The monoisotopic (exact) mass is 205 g/mol. The number of carbonyl (C=O) groups is 1. The van der Waals surface area contributed by atoms with Gasteiger partial charge >= 0.3 is 5.97 Å². The summed E-state index contributed by atoms with van der Waals surface area (Å²) in [5.74, 6) is -0.174. The van der Waals surface area contributed by atoms with Crippen molar-refractivity contribution in [2.24, 2.45) is 0 Å². The van der Waals surface area contributed by atoms with E-state index in [2.05, 4.69) is 5.32 Å². The first kappa shape index (κ1) is 8.73. The molecule has 78 valence electrons. The van der Waals surface area contributed by atoms with Gasteiger partial charge in [-0.1, -0.05) is 6.07 Å². The second kappa shape index (κ2) is 2.73. The van der Waals surface area contributed by atoms with E-state index >= 15 is 0 Å². The first-order valence-corrected chi connectivity index (χ1v) is 4.99. The topological polar surface area (TPSA) is 58.6 Å². The Morgan fingerprint density at radius 1 is 1.47 bits per heavy atom. The van der Waals surface area contributed by atoms with E-state index in [0.29, 0.717) is 17.7 Å². The molecule has 2 aliphatic heterocycles. The van der Waals surface area contributed by atoms with E-state index in [-0.39, 0.29) is 11.7 Å². The van der Waals surface area contributed by atoms with Crippen molar-refractivity contribution in [1.82, 2.24) is 5.32 Å². The molecule has 2 N–H and O–H groups in total. The summed E-state index contributed by atoms with van der Waals surface area (Å²) in [5, 5.41) is 13.0. The van der Waals surface area contributed by atoms with Gasteiger partial charge in [-0.2, -0.15) is 0 Å². The van der Waals surface area contributed by atoms with Gasteiger partial charge in [0.1, 0.15) is 5.75 Å². The van der Waals surface area contributed by atoms with Crippen molar-refractivity contribution in [3.8, 4) is 5.75 Å². The predicted molar refractivity (Wildman–Crippen MR) is 52.7 cm³/mol. The molecular formula is C11H11NO3. The van der Waals surface area contributed by atoms with Gasteiger partial charge in [-0.3, -0.25) is 0 Å². The summed E-state index contributed by atoms with van der Waals surface area (Å²) in [6.07, 6.45) is 0.726. The van der Waals surface area contributed by atoms with Gasteiger partial charge in [-0.25, -0.2) is 4.79 Å². The molecule has 2 heterocycles. The lowest BCUT2D eigenvalue weighted by molar-refractivity contribution is 0.00103. The number of aromatic hydroxyl groups is 1. The summed E-state index contributed by atoms with van der Waals surface area (Å²) in [4.78, 5) is 11.6. The summed E-state index contributed by atoms with van der Waals surface area (Å²) >= 11 is 0. The van der Waals surface area contributed by atoms with E-state index in [1.54, 1.807) is 18.2 Å². The Labute approximate surface area is 86.9 Å². The minimum Gasteiger partial charge on any atom is -0.507 e. The number of hydrogen-bond donors (Lipinski definition) is 2. The molecule has 4 heteroatoms. The molecule has 3 rings (SSSR count). The maximum atomic E-state index is 11.6. The zero-order valence-electron chi connectivity index (χ0n) is 8.12. The van der Waals surface area contributed by atoms with E-state index in [1.165, 1.54) is 0 Å². The van der Waals surface area contributed by atoms with Gasteiger partial charge < -0.3 is 15.2 Å². The number of carbonyl (C=O) groups excluding carboxylic acids is 1. The van der Waals surface area contributed by atoms with Crippen molar-refractivity contribution < 1.29 is 14.6 Å². The summed E-state index contributed by atoms with van der Waals surface area (Å²) < 4.78 is 5.40. The maximum Gasteiger partial charge on any atom is 0.339 e. The first-order valence-electron chi connectivity index (χ1n) is 4.99. The third-order valence-electron chi connectivity index (χ3n) is 3.12. The Morgan fingerprint density at radius 3 is 3.07 bits per heavy atom. The lowest BCUT2D eigenvalue weighted by Gasteiger charge is -2.22. The molecule has 0 amide bonds. The van der Waals surface area contributed by atoms with Gasteiger partial charge in [0.2, 0.25) is 0 Å². The molecule has 1 fully saturated rings. The molecule has 0 aromatic heterocycles. The molecule has 1 saturated heterocycles. The highest BCUT2D eigenvalue weighted by molar-refractivity contribution is 5.95. The molecule has 0 radical (unpaired) electrons. The van der Waals surface area contributed by atoms with Crippen molar-refractivity contribution in [3.05, 3.63) is 29.3 Å². The zero-order chi connectivity index (χ0) is 10.5. The molecule has 0 bridgehead atoms. The lowest BCUT2D eigenvalue weighted by Crippen LogP contribution is -2.28. The Balaban J connectivity index is 2.23. The minimum absolute atomic E-state index is 0.155. The molecule has 15 heavy (non-hydrogen) atoms. The van der Waals surface area contributed by atoms with Crippen LogP contribution in [0.25, 0.3) is 0 Å². The van der Waals surface area contributed by atoms with Crippen LogP contribution in [-0.2, 0) is 10.3 Å². The number of benzene rings is 1. The summed E-state index contributed by atoms with van der Waals surface area (Å²) in [7, 11) is 0. The van der Waals surface area contributed by atoms with Gasteiger partial charge in [0.15, 0.2) is 5.60 Å². The second-order valence-corrected chi connectivity index (χ2v) is 4.01. The maximum absolute atomic E-state index is 11.6. The molecule has 0 saturated carbocycles. The largest absolute Gasteiger partial charge is 0.507 e. The molecule has 2 aliphatic rings. The smallest absolute Gasteiger partial charge is 0.339 e. The fourth-order valence-corrected chi connectivity index (χ4v) is 2.44. The number of esters is 1. The summed E-state index contributed by atoms with van der Waals surface area (Å²) in [5.41, 5.74) is 0.524. The number of fused-ring (bicyclic) bond motifs is 2. The van der Waals surface area contributed by atoms with Gasteiger partial charge in [0.25, 0.3) is 0 Å². The minimum atomic E-state index is -0.627. The fraction of sp³-hybridized carbons (Fsp3) is 0.364. The van der Waals surface area contributed by atoms with Crippen molar-refractivity contribution in [1.29, 1.82) is 0 Å². The molecule has 4 nitrogen and oxygen atoms in total. The first-order chi connectivity index (χ1) is 7.23. The van der Waals surface area contributed by atoms with E-state index < -0.39 is 5.60 Å². The molecule has 1 atom stereocenters. The van der Waals surface area contributed by atoms with Crippen LogP contribution in [0.15, 0.2) is 18.2 Å². The van der Waals surface area contributed by atoms with Crippen LogP contribution in [0.5, 0.6) is 5.75 Å². The number of nitrogens with one attached hydrogen (secondary N) is 1. The van der Waals surface area contributed by atoms with Crippen molar-refractivity contribution in [2.45, 2.75) is 12.0 Å². The fourth-order valence-electron chi connectivity index (χ4n) is 2.44. The number of phenolic OH excluding ortho intramolecular Hbond substituents is 1. The molecular weight excluding hydrogens is 194 g/mol. The van der Waals surface area contributed by atoms with Crippen LogP contribution >= 0.6 is 0 Å². The highest BCUT2D eigenvalue weighted by Crippen LogP contribution is 2.44. The zero-order valence-corrected chi connectivity index (χ0v) is 8.12. The quantitative estimate of drug-likeness (QED) is 0.614. The Kier molecular flexibility index (Phi) is 1.59. The number of ether oxygens (including phenoxy) is 1. The van der Waals surface area contributed by atoms with Crippen LogP contribution in [0.3, 0.4) is 0 Å². The number of hydrogen-bond acceptors (Lipinski definition) is 4. The highest BCUT2D eigenvalue weighted by atomic mass is 16.6. The summed E-state index contributed by atoms with van der Waals surface area (Å²) in [6.45, 7) is 1.39. The van der Waals surface area contributed by atoms with Crippen molar-refractivity contribution in [2.75, 3.05) is 13.1 Å². The highest BCUT2D eigenvalue weighted by Gasteiger charge is 2.49. The van der Waals surface area contributed by atoms with E-state index in [0.717, 1.165) is 13.0 Å². The Hall–Kier alpha value is -1.55. The molecule has 1 aromatic rings. The Morgan fingerprint density at radius 2 is 2.33 bits per heavy atom. The van der Waals surface area contributed by atoms with Crippen molar-refractivity contribution in [3.63, 3.8) is 0 Å². The van der Waals surface area contributed by atoms with Crippen LogP contribution in [0.4, 0.5) is 0 Å². The van der Waals surface area contributed by atoms with Crippen LogP contribution in [0.2, 0.25) is 0 Å². The second-order valence-electron chi connectivity index (χ2n) is 4.01. The van der Waals surface area contributed by atoms with Crippen LogP contribution in [0, 0.1) is 0 Å². The SMILES string of the molecule is O=C1OC2(CCNC2)c2c(O)cccc21. The molecule has 1 unspecified atom stereocenters. The van der Waals surface area contributed by atoms with Crippen LogP contribution < -0.4 is 5.32 Å². The van der Waals surface area contributed by atoms with Gasteiger partial charge in [-0.15, -0.1) is 0 Å². The van der Waals surface area contributed by atoms with E-state index in [4.69, 9.17) is 4.74 Å². The van der Waals surface area contributed by atoms with Gasteiger partial charge in [0.05, 0.1) is 11.1 Å². The Bertz CT molecular complexity index is 435. The molecule has 1 aromatic carbocycles. The number of phenols is 1. The van der Waals surface area contributed by atoms with Crippen LogP contribution in [0.1, 0.15) is 22.3 Å². The van der Waals surface area contributed by atoms with Gasteiger partial charge in [0, 0.05) is 13.0 Å². The third-order valence-corrected chi connectivity index (χ3v) is 3.12. The van der Waals surface area contributed by atoms with Gasteiger partial charge in [-0.05, 0) is 18.7 Å². The number of rotatable bonds is 0. The predicted octanol–water partition coefficient (Wildman–Crippen LogP) is 0.751. The van der Waals surface area contributed by atoms with Crippen LogP contribution in [-0.4, -0.2) is 24.2 Å². The lowest BCUT2D eigenvalue weighted by atomic mass is 9.91. The average Bonchev–Trinajstić information content (AvgIpc) is 2.76. The third kappa shape index (κ3) is 1.02. The van der Waals surface area contributed by atoms with E-state index in [1.807, 2.05) is 0 Å². The summed E-state index contributed by atoms with van der Waals surface area (Å²) in [6, 6.07) is 4.96.